The summed E-state index contributed by atoms with van der Waals surface area (Å²) < 4.78 is 6.06. The summed E-state index contributed by atoms with van der Waals surface area (Å²) in [5, 5.41) is 0.884. The zero-order valence-corrected chi connectivity index (χ0v) is 8.46. The Kier molecular flexibility index (Phi) is 3.32. The normalized spacial score (nSPS) is 10.1. The highest BCUT2D eigenvalue weighted by Crippen LogP contribution is 2.34. The van der Waals surface area contributed by atoms with Crippen LogP contribution in [0.15, 0.2) is 10.5 Å². The number of ether oxygens (including phenoxy) is 1. The van der Waals surface area contributed by atoms with Gasteiger partial charge in [0.25, 0.3) is 0 Å². The molecule has 11 heavy (non-hydrogen) atoms. The molecule has 1 aromatic heterocycles. The summed E-state index contributed by atoms with van der Waals surface area (Å²) in [5.74, 6) is 5.16. The maximum Gasteiger partial charge on any atom is 0.188 e. The van der Waals surface area contributed by atoms with Crippen molar-refractivity contribution in [1.82, 2.24) is 5.43 Å². The van der Waals surface area contributed by atoms with Gasteiger partial charge < -0.3 is 4.74 Å². The molecule has 0 saturated heterocycles. The molecule has 0 atom stereocenters. The third kappa shape index (κ3) is 2.16. The Labute approximate surface area is 77.6 Å². The highest BCUT2D eigenvalue weighted by molar-refractivity contribution is 9.10. The number of hydrogen-bond acceptors (Lipinski definition) is 4. The van der Waals surface area contributed by atoms with Crippen LogP contribution >= 0.6 is 27.3 Å². The lowest BCUT2D eigenvalue weighted by molar-refractivity contribution is 0.425. The monoisotopic (exact) mass is 236 g/mol. The lowest BCUT2D eigenvalue weighted by Crippen LogP contribution is -2.19. The highest BCUT2D eigenvalue weighted by Gasteiger charge is 2.05. The molecule has 3 nitrogen and oxygen atoms in total. The molecule has 0 aliphatic rings. The van der Waals surface area contributed by atoms with Crippen molar-refractivity contribution in [3.05, 3.63) is 15.4 Å². The molecular formula is C6H9BrN2OS. The maximum atomic E-state index is 5.16. The fourth-order valence-corrected chi connectivity index (χ4v) is 2.37. The van der Waals surface area contributed by atoms with Crippen molar-refractivity contribution in [2.45, 2.75) is 6.54 Å². The molecule has 1 aromatic rings. The Hall–Kier alpha value is -0.100. The van der Waals surface area contributed by atoms with E-state index in [1.54, 1.807) is 18.4 Å². The molecule has 0 unspecified atom stereocenters. The second-order valence-electron chi connectivity index (χ2n) is 1.93. The molecule has 0 bridgehead atoms. The quantitative estimate of drug-likeness (QED) is 0.618. The summed E-state index contributed by atoms with van der Waals surface area (Å²) in [6, 6.07) is 1.99. The van der Waals surface area contributed by atoms with Crippen LogP contribution in [0.25, 0.3) is 0 Å². The first-order valence-corrected chi connectivity index (χ1v) is 4.64. The number of nitrogens with one attached hydrogen (secondary N) is 1. The van der Waals surface area contributed by atoms with Crippen LogP contribution in [0, 0.1) is 0 Å². The van der Waals surface area contributed by atoms with Gasteiger partial charge in [0.1, 0.15) is 0 Å². The van der Waals surface area contributed by atoms with Crippen LogP contribution in [0.4, 0.5) is 0 Å². The number of methoxy groups -OCH3 is 1. The van der Waals surface area contributed by atoms with Gasteiger partial charge in [0.15, 0.2) is 5.06 Å². The van der Waals surface area contributed by atoms with E-state index >= 15 is 0 Å². The van der Waals surface area contributed by atoms with Crippen LogP contribution in [0.3, 0.4) is 0 Å². The summed E-state index contributed by atoms with van der Waals surface area (Å²) in [5.41, 5.74) is 2.58. The van der Waals surface area contributed by atoms with Crippen LogP contribution in [0.1, 0.15) is 4.88 Å². The van der Waals surface area contributed by atoms with E-state index in [1.165, 1.54) is 0 Å². The average molecular weight is 237 g/mol. The van der Waals surface area contributed by atoms with E-state index in [1.807, 2.05) is 6.07 Å². The fourth-order valence-electron chi connectivity index (χ4n) is 0.724. The SMILES string of the molecule is COc1sc(CNN)cc1Br. The minimum atomic E-state index is 0.673. The molecule has 1 rings (SSSR count). The summed E-state index contributed by atoms with van der Waals surface area (Å²) in [7, 11) is 1.65. The van der Waals surface area contributed by atoms with Gasteiger partial charge in [-0.05, 0) is 22.0 Å². The van der Waals surface area contributed by atoms with Gasteiger partial charge in [-0.3, -0.25) is 11.3 Å². The van der Waals surface area contributed by atoms with Crippen LogP contribution < -0.4 is 16.0 Å². The van der Waals surface area contributed by atoms with Crippen molar-refractivity contribution in [2.75, 3.05) is 7.11 Å². The van der Waals surface area contributed by atoms with E-state index in [0.29, 0.717) is 6.54 Å². The third-order valence-electron chi connectivity index (χ3n) is 1.17. The summed E-state index contributed by atoms with van der Waals surface area (Å²) >= 11 is 4.94. The van der Waals surface area contributed by atoms with Gasteiger partial charge in [0, 0.05) is 11.4 Å². The average Bonchev–Trinajstić information content (AvgIpc) is 2.32. The van der Waals surface area contributed by atoms with E-state index in [2.05, 4.69) is 21.4 Å². The van der Waals surface area contributed by atoms with Crippen molar-refractivity contribution in [3.63, 3.8) is 0 Å². The summed E-state index contributed by atoms with van der Waals surface area (Å²) in [6.07, 6.45) is 0. The fraction of sp³-hybridized carbons (Fsp3) is 0.333. The second-order valence-corrected chi connectivity index (χ2v) is 3.89. The van der Waals surface area contributed by atoms with Gasteiger partial charge in [-0.15, -0.1) is 11.3 Å². The lowest BCUT2D eigenvalue weighted by atomic mass is 10.5. The number of nitrogens with two attached hydrogens (primary N) is 1. The number of thiophene rings is 1. The summed E-state index contributed by atoms with van der Waals surface area (Å²) in [4.78, 5) is 1.15. The van der Waals surface area contributed by atoms with Crippen molar-refractivity contribution in [3.8, 4) is 5.06 Å². The number of halogens is 1. The molecule has 5 heteroatoms. The zero-order chi connectivity index (χ0) is 8.27. The third-order valence-corrected chi connectivity index (χ3v) is 3.12. The van der Waals surface area contributed by atoms with E-state index in [0.717, 1.165) is 14.4 Å². The van der Waals surface area contributed by atoms with Crippen LogP contribution in [0.5, 0.6) is 5.06 Å². The van der Waals surface area contributed by atoms with Gasteiger partial charge in [-0.25, -0.2) is 0 Å². The lowest BCUT2D eigenvalue weighted by Gasteiger charge is -1.92. The maximum absolute atomic E-state index is 5.16. The van der Waals surface area contributed by atoms with E-state index < -0.39 is 0 Å². The molecule has 0 aliphatic heterocycles. The highest BCUT2D eigenvalue weighted by atomic mass is 79.9. The summed E-state index contributed by atoms with van der Waals surface area (Å²) in [6.45, 7) is 0.673. The molecule has 0 aliphatic carbocycles. The standard InChI is InChI=1S/C6H9BrN2OS/c1-10-6-5(7)2-4(11-6)3-9-8/h2,9H,3,8H2,1H3. The molecule has 0 saturated carbocycles. The molecule has 0 radical (unpaired) electrons. The van der Waals surface area contributed by atoms with Crippen molar-refractivity contribution < 1.29 is 4.74 Å². The van der Waals surface area contributed by atoms with E-state index in [4.69, 9.17) is 10.6 Å². The minimum Gasteiger partial charge on any atom is -0.486 e. The van der Waals surface area contributed by atoms with Gasteiger partial charge >= 0.3 is 0 Å². The molecular weight excluding hydrogens is 228 g/mol. The number of hydrazine groups is 1. The van der Waals surface area contributed by atoms with Crippen molar-refractivity contribution in [2.24, 2.45) is 5.84 Å². The topological polar surface area (TPSA) is 47.3 Å². The van der Waals surface area contributed by atoms with Gasteiger partial charge in [-0.2, -0.15) is 0 Å². The first-order valence-electron chi connectivity index (χ1n) is 3.03. The predicted molar refractivity (Wildman–Crippen MR) is 49.6 cm³/mol. The van der Waals surface area contributed by atoms with E-state index in [9.17, 15) is 0 Å². The smallest absolute Gasteiger partial charge is 0.188 e. The zero-order valence-electron chi connectivity index (χ0n) is 6.06. The molecule has 3 N–H and O–H groups in total. The Bertz CT molecular complexity index is 238. The molecule has 0 aromatic carbocycles. The first-order chi connectivity index (χ1) is 5.27. The Balaban J connectivity index is 2.77. The van der Waals surface area contributed by atoms with Gasteiger partial charge in [0.2, 0.25) is 0 Å². The number of rotatable bonds is 3. The Morgan fingerprint density at radius 3 is 3.00 bits per heavy atom. The molecule has 0 fully saturated rings. The molecule has 62 valence electrons. The van der Waals surface area contributed by atoms with E-state index in [-0.39, 0.29) is 0 Å². The van der Waals surface area contributed by atoms with Crippen LogP contribution in [-0.2, 0) is 6.54 Å². The van der Waals surface area contributed by atoms with Gasteiger partial charge in [0.05, 0.1) is 11.6 Å². The first kappa shape index (κ1) is 8.99. The predicted octanol–water partition coefficient (Wildman–Crippen LogP) is 1.48. The van der Waals surface area contributed by atoms with Gasteiger partial charge in [-0.1, -0.05) is 0 Å². The molecule has 0 amide bonds. The Morgan fingerprint density at radius 1 is 1.82 bits per heavy atom. The molecule has 1 heterocycles. The minimum absolute atomic E-state index is 0.673. The Morgan fingerprint density at radius 2 is 2.55 bits per heavy atom. The second kappa shape index (κ2) is 4.06. The van der Waals surface area contributed by atoms with Crippen molar-refractivity contribution in [1.29, 1.82) is 0 Å². The van der Waals surface area contributed by atoms with Crippen LogP contribution in [0.2, 0.25) is 0 Å². The van der Waals surface area contributed by atoms with Crippen molar-refractivity contribution >= 4 is 27.3 Å². The van der Waals surface area contributed by atoms with Crippen LogP contribution in [-0.4, -0.2) is 7.11 Å². The largest absolute Gasteiger partial charge is 0.486 e. The molecule has 0 spiro atoms. The number of hydrogen-bond donors (Lipinski definition) is 2.